The molecule has 1 aliphatic heterocycles. The molecule has 12 heteroatoms. The zero-order valence-corrected chi connectivity index (χ0v) is 18.6. The van der Waals surface area contributed by atoms with Gasteiger partial charge in [0.1, 0.15) is 16.6 Å². The molecule has 1 aromatic rings. The molecule has 1 aliphatic rings. The quantitative estimate of drug-likeness (QED) is 0.212. The Morgan fingerprint density at radius 2 is 2.07 bits per heavy atom. The number of allylic oxidation sites excluding steroid dienone is 2. The van der Waals surface area contributed by atoms with Gasteiger partial charge in [0.05, 0.1) is 12.7 Å². The van der Waals surface area contributed by atoms with E-state index in [9.17, 15) is 14.3 Å². The van der Waals surface area contributed by atoms with Crippen LogP contribution in [0.15, 0.2) is 35.5 Å². The molecule has 10 nitrogen and oxygen atoms in total. The lowest BCUT2D eigenvalue weighted by molar-refractivity contribution is -0.0248. The number of aryl methyl sites for hydroxylation is 1. The van der Waals surface area contributed by atoms with Crippen LogP contribution in [0.1, 0.15) is 31.6 Å². The van der Waals surface area contributed by atoms with Crippen LogP contribution >= 0.6 is 20.0 Å². The minimum absolute atomic E-state index is 0.0279. The van der Waals surface area contributed by atoms with E-state index in [1.54, 1.807) is 26.1 Å². The number of hydrogen-bond acceptors (Lipinski definition) is 8. The van der Waals surface area contributed by atoms with E-state index < -0.39 is 20.2 Å². The number of phosphoric ester groups is 1. The van der Waals surface area contributed by atoms with Gasteiger partial charge in [-0.25, -0.2) is 9.36 Å². The molecule has 0 bridgehead atoms. The third-order valence-electron chi connectivity index (χ3n) is 3.55. The molecule has 0 radical (unpaired) electrons. The second-order valence-electron chi connectivity index (χ2n) is 5.59. The van der Waals surface area contributed by atoms with Crippen LogP contribution in [0.3, 0.4) is 0 Å². The summed E-state index contributed by atoms with van der Waals surface area (Å²) in [4.78, 5) is 24.2. The normalized spacial score (nSPS) is 20.1. The molecule has 3 atom stereocenters. The maximum atomic E-state index is 12.0. The molecule has 1 aromatic heterocycles. The molecular weight excluding hydrogens is 423 g/mol. The third-order valence-corrected chi connectivity index (χ3v) is 4.91. The summed E-state index contributed by atoms with van der Waals surface area (Å²) in [6.07, 6.45) is 4.93. The van der Waals surface area contributed by atoms with Gasteiger partial charge in [-0.3, -0.25) is 19.0 Å². The Hall–Kier alpha value is -1.59. The molecule has 0 aromatic carbocycles. The Kier molecular flexibility index (Phi) is 12.9. The number of aromatic amines is 1. The Morgan fingerprint density at radius 3 is 2.66 bits per heavy atom. The predicted octanol–water partition coefficient (Wildman–Crippen LogP) is 2.33. The van der Waals surface area contributed by atoms with Crippen molar-refractivity contribution in [2.45, 2.75) is 39.0 Å². The molecule has 0 amide bonds. The number of H-pyrrole nitrogens is 1. The smallest absolute Gasteiger partial charge is 0.405 e. The van der Waals surface area contributed by atoms with Gasteiger partial charge in [0, 0.05) is 26.0 Å². The summed E-state index contributed by atoms with van der Waals surface area (Å²) < 4.78 is 29.1. The molecule has 1 saturated heterocycles. The van der Waals surface area contributed by atoms with Crippen LogP contribution in [0.25, 0.3) is 0 Å². The lowest BCUT2D eigenvalue weighted by Gasteiger charge is -2.18. The van der Waals surface area contributed by atoms with E-state index in [-0.39, 0.29) is 18.1 Å². The van der Waals surface area contributed by atoms with Crippen molar-refractivity contribution in [1.82, 2.24) is 9.55 Å². The number of rotatable bonds is 7. The number of ether oxygens (including phenoxy) is 1. The van der Waals surface area contributed by atoms with E-state index >= 15 is 0 Å². The highest BCUT2D eigenvalue weighted by molar-refractivity contribution is 7.71. The summed E-state index contributed by atoms with van der Waals surface area (Å²) in [6.45, 7) is 6.87. The summed E-state index contributed by atoms with van der Waals surface area (Å²) in [5.74, 6) is 0.0279. The highest BCUT2D eigenvalue weighted by Crippen LogP contribution is 2.46. The van der Waals surface area contributed by atoms with E-state index in [1.807, 2.05) is 0 Å². The molecule has 3 unspecified atom stereocenters. The Balaban J connectivity index is 0.00000184. The number of hydrogen-bond donors (Lipinski definition) is 4. The Morgan fingerprint density at radius 1 is 1.45 bits per heavy atom. The van der Waals surface area contributed by atoms with E-state index in [1.165, 1.54) is 10.6 Å². The summed E-state index contributed by atoms with van der Waals surface area (Å²) >= 11 is 5.02. The minimum atomic E-state index is -4.27. The molecule has 166 valence electrons. The first kappa shape index (κ1) is 27.4. The second kappa shape index (κ2) is 13.6. The summed E-state index contributed by atoms with van der Waals surface area (Å²) in [6, 6.07) is 0. The average Bonchev–Trinajstić information content (AvgIpc) is 3.15. The number of phosphoric acid groups is 1. The van der Waals surface area contributed by atoms with Gasteiger partial charge in [-0.15, -0.1) is 0 Å². The minimum Gasteiger partial charge on any atom is -0.405 e. The molecule has 0 spiro atoms. The van der Waals surface area contributed by atoms with Crippen LogP contribution in [0.2, 0.25) is 0 Å². The van der Waals surface area contributed by atoms with Gasteiger partial charge in [-0.1, -0.05) is 24.9 Å². The maximum absolute atomic E-state index is 12.0. The first-order valence-electron chi connectivity index (χ1n) is 8.57. The molecular formula is C17H29N2O8PS. The molecule has 0 aliphatic carbocycles. The fourth-order valence-electron chi connectivity index (χ4n) is 2.38. The van der Waals surface area contributed by atoms with E-state index in [2.05, 4.69) is 11.6 Å². The van der Waals surface area contributed by atoms with Crippen molar-refractivity contribution in [3.63, 3.8) is 0 Å². The van der Waals surface area contributed by atoms with Crippen LogP contribution < -0.4 is 5.69 Å². The molecule has 2 heterocycles. The molecule has 29 heavy (non-hydrogen) atoms. The van der Waals surface area contributed by atoms with Gasteiger partial charge in [0.15, 0.2) is 0 Å². The predicted molar refractivity (Wildman–Crippen MR) is 111 cm³/mol. The van der Waals surface area contributed by atoms with Gasteiger partial charge in [0.2, 0.25) is 0 Å². The van der Waals surface area contributed by atoms with E-state index in [4.69, 9.17) is 36.2 Å². The lowest BCUT2D eigenvalue weighted by atomic mass is 10.2. The fraction of sp³-hybridized carbons (Fsp3) is 0.529. The van der Waals surface area contributed by atoms with Crippen molar-refractivity contribution >= 4 is 20.0 Å². The van der Waals surface area contributed by atoms with Gasteiger partial charge in [0.25, 0.3) is 0 Å². The van der Waals surface area contributed by atoms with E-state index in [0.717, 1.165) is 19.8 Å². The van der Waals surface area contributed by atoms with Crippen molar-refractivity contribution < 1.29 is 33.5 Å². The standard InChI is InChI=1S/C15H21N2O6PS.2CH4O/c1-4-5-11(3)23-24(19,20)21-9-12-6-7-13(22-12)17-8-10(2)14(25)16-15(17)18;2*1-2/h4-5,8,12-13H,3,6-7,9H2,1-2H3,(H,19,20)(H,16,18,25);2*2H,1H3/b5-4-;;. The highest BCUT2D eigenvalue weighted by atomic mass is 32.1. The van der Waals surface area contributed by atoms with Gasteiger partial charge in [-0.2, -0.15) is 0 Å². The number of aliphatic hydroxyl groups is 2. The zero-order valence-electron chi connectivity index (χ0n) is 16.9. The van der Waals surface area contributed by atoms with Gasteiger partial charge < -0.3 is 19.5 Å². The lowest BCUT2D eigenvalue weighted by Crippen LogP contribution is -2.28. The molecule has 0 saturated carbocycles. The SMILES string of the molecule is C=C(/C=C\C)OP(=O)(O)OCC1CCC(n2cc(C)c(=S)[nH]c2=O)O1.CO.CO. The van der Waals surface area contributed by atoms with Crippen LogP contribution in [0, 0.1) is 11.6 Å². The topological polar surface area (TPSA) is 143 Å². The van der Waals surface area contributed by atoms with Crippen LogP contribution in [-0.2, 0) is 18.3 Å². The second-order valence-corrected chi connectivity index (χ2v) is 7.38. The highest BCUT2D eigenvalue weighted by Gasteiger charge is 2.31. The van der Waals surface area contributed by atoms with E-state index in [0.29, 0.717) is 17.5 Å². The van der Waals surface area contributed by atoms with Gasteiger partial charge in [-0.05, 0) is 32.8 Å². The van der Waals surface area contributed by atoms with Crippen LogP contribution in [0.4, 0.5) is 0 Å². The van der Waals surface area contributed by atoms with Crippen molar-refractivity contribution in [3.8, 4) is 0 Å². The number of aliphatic hydroxyl groups excluding tert-OH is 2. The van der Waals surface area contributed by atoms with Crippen molar-refractivity contribution in [2.75, 3.05) is 20.8 Å². The molecule has 2 rings (SSSR count). The molecule has 4 N–H and O–H groups in total. The number of nitrogens with one attached hydrogen (secondary N) is 1. The summed E-state index contributed by atoms with van der Waals surface area (Å²) in [5.41, 5.74) is 0.398. The van der Waals surface area contributed by atoms with Crippen LogP contribution in [0.5, 0.6) is 0 Å². The zero-order chi connectivity index (χ0) is 22.6. The average molecular weight is 452 g/mol. The fourth-order valence-corrected chi connectivity index (χ4v) is 3.29. The third kappa shape index (κ3) is 9.18. The first-order valence-corrected chi connectivity index (χ1v) is 10.5. The largest absolute Gasteiger partial charge is 0.527 e. The first-order chi connectivity index (χ1) is 13.7. The Bertz CT molecular complexity index is 835. The van der Waals surface area contributed by atoms with Gasteiger partial charge >= 0.3 is 13.5 Å². The summed E-state index contributed by atoms with van der Waals surface area (Å²) in [7, 11) is -2.27. The number of aromatic nitrogens is 2. The monoisotopic (exact) mass is 452 g/mol. The molecule has 1 fully saturated rings. The Labute approximate surface area is 174 Å². The van der Waals surface area contributed by atoms with Crippen molar-refractivity contribution in [1.29, 1.82) is 0 Å². The summed E-state index contributed by atoms with van der Waals surface area (Å²) in [5, 5.41) is 14.0. The van der Waals surface area contributed by atoms with Crippen molar-refractivity contribution in [3.05, 3.63) is 51.4 Å². The number of nitrogens with zero attached hydrogens (tertiary/aromatic N) is 1. The maximum Gasteiger partial charge on any atom is 0.527 e. The van der Waals surface area contributed by atoms with Crippen LogP contribution in [-0.4, -0.2) is 51.6 Å². The van der Waals surface area contributed by atoms with Crippen molar-refractivity contribution in [2.24, 2.45) is 0 Å².